The highest BCUT2D eigenvalue weighted by Gasteiger charge is 2.15. The Balaban J connectivity index is 1.90. The number of hydrogen-bond acceptors (Lipinski definition) is 3. The molecule has 3 aromatic rings. The first-order valence-electron chi connectivity index (χ1n) is 6.55. The van der Waals surface area contributed by atoms with Crippen LogP contribution in [-0.4, -0.2) is 25.7 Å². The highest BCUT2D eigenvalue weighted by Crippen LogP contribution is 2.26. The molecular formula is C14H15N5. The van der Waals surface area contributed by atoms with Crippen molar-refractivity contribution in [2.75, 3.05) is 11.9 Å². The van der Waals surface area contributed by atoms with Gasteiger partial charge in [0, 0.05) is 37.1 Å². The van der Waals surface area contributed by atoms with Crippen molar-refractivity contribution in [2.24, 2.45) is 7.05 Å². The molecule has 0 saturated carbocycles. The molecule has 19 heavy (non-hydrogen) atoms. The maximum atomic E-state index is 4.67. The Morgan fingerprint density at radius 1 is 1.21 bits per heavy atom. The molecule has 0 radical (unpaired) electrons. The normalized spacial score (nSPS) is 14.4. The molecule has 4 rings (SSSR count). The monoisotopic (exact) mass is 253 g/mol. The number of aryl methyl sites for hydroxylation is 2. The van der Waals surface area contributed by atoms with Crippen LogP contribution in [0.5, 0.6) is 0 Å². The first-order valence-corrected chi connectivity index (χ1v) is 6.55. The Bertz CT molecular complexity index is 752. The third-order valence-corrected chi connectivity index (χ3v) is 3.61. The molecule has 0 aromatic carbocycles. The van der Waals surface area contributed by atoms with Crippen LogP contribution in [0, 0.1) is 0 Å². The van der Waals surface area contributed by atoms with Gasteiger partial charge in [0.25, 0.3) is 0 Å². The van der Waals surface area contributed by atoms with Crippen LogP contribution in [0.3, 0.4) is 0 Å². The van der Waals surface area contributed by atoms with Crippen molar-refractivity contribution in [1.29, 1.82) is 0 Å². The van der Waals surface area contributed by atoms with Gasteiger partial charge in [-0.2, -0.15) is 5.10 Å². The quantitative estimate of drug-likeness (QED) is 0.722. The molecule has 0 aliphatic carbocycles. The lowest BCUT2D eigenvalue weighted by Gasteiger charge is -2.13. The summed E-state index contributed by atoms with van der Waals surface area (Å²) >= 11 is 0. The predicted octanol–water partition coefficient (Wildman–Crippen LogP) is 2.09. The van der Waals surface area contributed by atoms with Crippen LogP contribution in [0.15, 0.2) is 30.7 Å². The van der Waals surface area contributed by atoms with E-state index in [1.54, 1.807) is 0 Å². The molecule has 5 heteroatoms. The fourth-order valence-electron chi connectivity index (χ4n) is 2.66. The minimum absolute atomic E-state index is 1.01. The average molecular weight is 253 g/mol. The SMILES string of the molecule is Cn1cc(-c2ccc3nc4c(n3c2)NCCC4)cn1. The number of imidazole rings is 1. The first kappa shape index (κ1) is 10.6. The zero-order valence-corrected chi connectivity index (χ0v) is 10.8. The number of rotatable bonds is 1. The summed E-state index contributed by atoms with van der Waals surface area (Å²) in [6, 6.07) is 4.17. The second-order valence-corrected chi connectivity index (χ2v) is 4.99. The number of pyridine rings is 1. The molecular weight excluding hydrogens is 238 g/mol. The van der Waals surface area contributed by atoms with E-state index in [2.05, 4.69) is 38.1 Å². The second-order valence-electron chi connectivity index (χ2n) is 4.99. The van der Waals surface area contributed by atoms with Crippen LogP contribution in [0.25, 0.3) is 16.8 Å². The minimum Gasteiger partial charge on any atom is -0.370 e. The Kier molecular flexibility index (Phi) is 2.15. The van der Waals surface area contributed by atoms with Gasteiger partial charge < -0.3 is 5.32 Å². The topological polar surface area (TPSA) is 47.1 Å². The van der Waals surface area contributed by atoms with E-state index in [-0.39, 0.29) is 0 Å². The maximum absolute atomic E-state index is 4.67. The van der Waals surface area contributed by atoms with Gasteiger partial charge in [0.1, 0.15) is 11.5 Å². The van der Waals surface area contributed by atoms with Crippen LogP contribution < -0.4 is 5.32 Å². The molecule has 5 nitrogen and oxygen atoms in total. The number of fused-ring (bicyclic) bond motifs is 3. The molecule has 0 saturated heterocycles. The molecule has 0 atom stereocenters. The summed E-state index contributed by atoms with van der Waals surface area (Å²) in [7, 11) is 1.93. The summed E-state index contributed by atoms with van der Waals surface area (Å²) in [5.74, 6) is 1.15. The lowest BCUT2D eigenvalue weighted by atomic mass is 10.1. The van der Waals surface area contributed by atoms with Crippen LogP contribution >= 0.6 is 0 Å². The summed E-state index contributed by atoms with van der Waals surface area (Å²) in [6.45, 7) is 1.03. The van der Waals surface area contributed by atoms with Crippen molar-refractivity contribution in [3.8, 4) is 11.1 Å². The van der Waals surface area contributed by atoms with Gasteiger partial charge in [-0.1, -0.05) is 0 Å². The summed E-state index contributed by atoms with van der Waals surface area (Å²) in [4.78, 5) is 4.67. The van der Waals surface area contributed by atoms with Crippen molar-refractivity contribution in [3.63, 3.8) is 0 Å². The van der Waals surface area contributed by atoms with Gasteiger partial charge in [0.05, 0.1) is 11.9 Å². The summed E-state index contributed by atoms with van der Waals surface area (Å²) < 4.78 is 3.97. The zero-order valence-electron chi connectivity index (χ0n) is 10.8. The van der Waals surface area contributed by atoms with E-state index in [9.17, 15) is 0 Å². The zero-order chi connectivity index (χ0) is 12.8. The Labute approximate surface area is 110 Å². The van der Waals surface area contributed by atoms with Gasteiger partial charge in [0.2, 0.25) is 0 Å². The van der Waals surface area contributed by atoms with Crippen LogP contribution in [0.4, 0.5) is 5.82 Å². The van der Waals surface area contributed by atoms with Crippen molar-refractivity contribution < 1.29 is 0 Å². The van der Waals surface area contributed by atoms with Gasteiger partial charge >= 0.3 is 0 Å². The Hall–Kier alpha value is -2.30. The van der Waals surface area contributed by atoms with E-state index < -0.39 is 0 Å². The largest absolute Gasteiger partial charge is 0.370 e. The summed E-state index contributed by atoms with van der Waals surface area (Å²) in [5.41, 5.74) is 4.47. The van der Waals surface area contributed by atoms with Gasteiger partial charge in [-0.25, -0.2) is 4.98 Å². The van der Waals surface area contributed by atoms with Crippen molar-refractivity contribution in [3.05, 3.63) is 36.4 Å². The maximum Gasteiger partial charge on any atom is 0.138 e. The highest BCUT2D eigenvalue weighted by atomic mass is 15.2. The second kappa shape index (κ2) is 3.85. The van der Waals surface area contributed by atoms with Crippen LogP contribution in [0.2, 0.25) is 0 Å². The van der Waals surface area contributed by atoms with Crippen molar-refractivity contribution in [1.82, 2.24) is 19.2 Å². The van der Waals surface area contributed by atoms with Crippen molar-refractivity contribution in [2.45, 2.75) is 12.8 Å². The van der Waals surface area contributed by atoms with Gasteiger partial charge in [0.15, 0.2) is 0 Å². The van der Waals surface area contributed by atoms with E-state index in [4.69, 9.17) is 0 Å². The number of aromatic nitrogens is 4. The standard InChI is InChI=1S/C14H15N5/c1-18-8-11(7-16-18)10-4-5-13-17-12-3-2-6-15-14(12)19(13)9-10/h4-5,7-9,15H,2-3,6H2,1H3. The van der Waals surface area contributed by atoms with E-state index in [0.717, 1.165) is 42.0 Å². The molecule has 0 amide bonds. The molecule has 3 aromatic heterocycles. The van der Waals surface area contributed by atoms with Gasteiger partial charge in [-0.05, 0) is 25.0 Å². The van der Waals surface area contributed by atoms with Crippen molar-refractivity contribution >= 4 is 11.5 Å². The minimum atomic E-state index is 1.01. The molecule has 0 fully saturated rings. The van der Waals surface area contributed by atoms with E-state index in [1.165, 1.54) is 5.69 Å². The first-order chi connectivity index (χ1) is 9.31. The number of nitrogens with zero attached hydrogens (tertiary/aromatic N) is 4. The molecule has 0 unspecified atom stereocenters. The molecule has 0 spiro atoms. The highest BCUT2D eigenvalue weighted by molar-refractivity contribution is 5.66. The average Bonchev–Trinajstić information content (AvgIpc) is 3.01. The third kappa shape index (κ3) is 1.62. The summed E-state index contributed by atoms with van der Waals surface area (Å²) in [6.07, 6.45) is 8.27. The smallest absolute Gasteiger partial charge is 0.138 e. The van der Waals surface area contributed by atoms with E-state index >= 15 is 0 Å². The van der Waals surface area contributed by atoms with Gasteiger partial charge in [-0.3, -0.25) is 9.08 Å². The number of nitrogens with one attached hydrogen (secondary N) is 1. The molecule has 96 valence electrons. The van der Waals surface area contributed by atoms with Crippen LogP contribution in [0.1, 0.15) is 12.1 Å². The van der Waals surface area contributed by atoms with Crippen LogP contribution in [-0.2, 0) is 13.5 Å². The fourth-order valence-corrected chi connectivity index (χ4v) is 2.66. The summed E-state index contributed by atoms with van der Waals surface area (Å²) in [5, 5.41) is 7.67. The third-order valence-electron chi connectivity index (χ3n) is 3.61. The Morgan fingerprint density at radius 2 is 2.16 bits per heavy atom. The predicted molar refractivity (Wildman–Crippen MR) is 74.2 cm³/mol. The molecule has 4 heterocycles. The number of hydrogen-bond donors (Lipinski definition) is 1. The van der Waals surface area contributed by atoms with E-state index in [1.807, 2.05) is 24.1 Å². The number of anilines is 1. The molecule has 1 N–H and O–H groups in total. The van der Waals surface area contributed by atoms with E-state index in [0.29, 0.717) is 0 Å². The molecule has 1 aliphatic rings. The van der Waals surface area contributed by atoms with Gasteiger partial charge in [-0.15, -0.1) is 0 Å². The molecule has 0 bridgehead atoms. The fraction of sp³-hybridized carbons (Fsp3) is 0.286. The lowest BCUT2D eigenvalue weighted by Crippen LogP contribution is -2.12. The Morgan fingerprint density at radius 3 is 3.00 bits per heavy atom. The lowest BCUT2D eigenvalue weighted by molar-refractivity contribution is 0.768. The molecule has 1 aliphatic heterocycles.